The third-order valence-corrected chi connectivity index (χ3v) is 5.67. The van der Waals surface area contributed by atoms with Crippen molar-refractivity contribution in [3.8, 4) is 0 Å². The van der Waals surface area contributed by atoms with E-state index in [1.54, 1.807) is 32.0 Å². The lowest BCUT2D eigenvalue weighted by atomic mass is 10.1. The number of anilines is 1. The van der Waals surface area contributed by atoms with Gasteiger partial charge in [0.25, 0.3) is 5.91 Å². The highest BCUT2D eigenvalue weighted by atomic mass is 32.2. The summed E-state index contributed by atoms with van der Waals surface area (Å²) in [6, 6.07) is 10.6. The summed E-state index contributed by atoms with van der Waals surface area (Å²) in [6.07, 6.45) is 0. The molecule has 8 heteroatoms. The molecular weight excluding hydrogens is 368 g/mol. The maximum atomic E-state index is 12.5. The minimum atomic E-state index is -3.63. The van der Waals surface area contributed by atoms with Gasteiger partial charge in [0.15, 0.2) is 0 Å². The lowest BCUT2D eigenvalue weighted by Crippen LogP contribution is -2.22. The van der Waals surface area contributed by atoms with Crippen LogP contribution >= 0.6 is 0 Å². The SMILES string of the molecule is CCOC(=O)c1ccc(NC(=O)c2cccc(S(=O)(=O)N(C)C)c2)c(C)c1. The van der Waals surface area contributed by atoms with Crippen LogP contribution in [-0.4, -0.2) is 45.3 Å². The first-order chi connectivity index (χ1) is 12.7. The van der Waals surface area contributed by atoms with Crippen molar-refractivity contribution < 1.29 is 22.7 Å². The van der Waals surface area contributed by atoms with Gasteiger partial charge >= 0.3 is 5.97 Å². The standard InChI is InChI=1S/C19H22N2O5S/c1-5-26-19(23)15-9-10-17(13(2)11-15)20-18(22)14-7-6-8-16(12-14)27(24,25)21(3)4/h6-12H,5H2,1-4H3,(H,20,22). The van der Waals surface area contributed by atoms with Crippen molar-refractivity contribution in [2.75, 3.05) is 26.0 Å². The van der Waals surface area contributed by atoms with E-state index < -0.39 is 21.9 Å². The minimum Gasteiger partial charge on any atom is -0.462 e. The van der Waals surface area contributed by atoms with E-state index in [4.69, 9.17) is 4.74 Å². The summed E-state index contributed by atoms with van der Waals surface area (Å²) in [5, 5.41) is 2.73. The molecule has 0 spiro atoms. The van der Waals surface area contributed by atoms with Crippen LogP contribution in [0.5, 0.6) is 0 Å². The Morgan fingerprint density at radius 2 is 1.78 bits per heavy atom. The number of carbonyl (C=O) groups is 2. The maximum absolute atomic E-state index is 12.5. The number of amides is 1. The smallest absolute Gasteiger partial charge is 0.338 e. The zero-order chi connectivity index (χ0) is 20.2. The van der Waals surface area contributed by atoms with E-state index >= 15 is 0 Å². The summed E-state index contributed by atoms with van der Waals surface area (Å²) in [7, 11) is -0.778. The molecule has 0 radical (unpaired) electrons. The van der Waals surface area contributed by atoms with Crippen molar-refractivity contribution in [2.24, 2.45) is 0 Å². The van der Waals surface area contributed by atoms with Crippen molar-refractivity contribution in [2.45, 2.75) is 18.7 Å². The molecule has 0 aliphatic carbocycles. The fourth-order valence-electron chi connectivity index (χ4n) is 2.35. The van der Waals surface area contributed by atoms with Crippen LogP contribution < -0.4 is 5.32 Å². The van der Waals surface area contributed by atoms with Crippen molar-refractivity contribution in [1.82, 2.24) is 4.31 Å². The summed E-state index contributed by atoms with van der Waals surface area (Å²) >= 11 is 0. The van der Waals surface area contributed by atoms with Gasteiger partial charge in [0.05, 0.1) is 17.1 Å². The van der Waals surface area contributed by atoms with Crippen molar-refractivity contribution in [3.05, 3.63) is 59.2 Å². The Bertz CT molecular complexity index is 968. The molecule has 2 rings (SSSR count). The first-order valence-electron chi connectivity index (χ1n) is 8.28. The zero-order valence-corrected chi connectivity index (χ0v) is 16.5. The number of hydrogen-bond acceptors (Lipinski definition) is 5. The normalized spacial score (nSPS) is 11.3. The molecule has 0 unspecified atom stereocenters. The topological polar surface area (TPSA) is 92.8 Å². The highest BCUT2D eigenvalue weighted by Crippen LogP contribution is 2.20. The molecule has 0 aliphatic heterocycles. The number of rotatable bonds is 6. The molecule has 1 N–H and O–H groups in total. The number of benzene rings is 2. The Morgan fingerprint density at radius 1 is 1.07 bits per heavy atom. The monoisotopic (exact) mass is 390 g/mol. The van der Waals surface area contributed by atoms with Crippen LogP contribution in [0.1, 0.15) is 33.2 Å². The van der Waals surface area contributed by atoms with E-state index in [2.05, 4.69) is 5.32 Å². The second-order valence-electron chi connectivity index (χ2n) is 6.02. The van der Waals surface area contributed by atoms with Crippen LogP contribution in [0.2, 0.25) is 0 Å². The van der Waals surface area contributed by atoms with E-state index in [0.717, 1.165) is 4.31 Å². The first kappa shape index (κ1) is 20.6. The molecule has 0 bridgehead atoms. The van der Waals surface area contributed by atoms with Crippen LogP contribution in [0, 0.1) is 6.92 Å². The summed E-state index contributed by atoms with van der Waals surface area (Å²) in [4.78, 5) is 24.3. The number of nitrogens with zero attached hydrogens (tertiary/aromatic N) is 1. The number of nitrogens with one attached hydrogen (secondary N) is 1. The molecule has 7 nitrogen and oxygen atoms in total. The molecule has 27 heavy (non-hydrogen) atoms. The Labute approximate surface area is 159 Å². The Hall–Kier alpha value is -2.71. The van der Waals surface area contributed by atoms with Gasteiger partial charge in [-0.15, -0.1) is 0 Å². The number of esters is 1. The van der Waals surface area contributed by atoms with Gasteiger partial charge in [-0.05, 0) is 55.8 Å². The number of hydrogen-bond donors (Lipinski definition) is 1. The fraction of sp³-hybridized carbons (Fsp3) is 0.263. The third kappa shape index (κ3) is 4.72. The molecule has 2 aromatic rings. The fourth-order valence-corrected chi connectivity index (χ4v) is 3.30. The van der Waals surface area contributed by atoms with Crippen LogP contribution in [0.3, 0.4) is 0 Å². The van der Waals surface area contributed by atoms with Gasteiger partial charge in [0.1, 0.15) is 0 Å². The maximum Gasteiger partial charge on any atom is 0.338 e. The van der Waals surface area contributed by atoms with E-state index in [1.807, 2.05) is 0 Å². The minimum absolute atomic E-state index is 0.0366. The molecule has 0 atom stereocenters. The average Bonchev–Trinajstić information content (AvgIpc) is 2.63. The van der Waals surface area contributed by atoms with Crippen LogP contribution in [-0.2, 0) is 14.8 Å². The van der Waals surface area contributed by atoms with Crippen molar-refractivity contribution in [3.63, 3.8) is 0 Å². The molecule has 0 aliphatic rings. The van der Waals surface area contributed by atoms with E-state index in [1.165, 1.54) is 38.4 Å². The van der Waals surface area contributed by atoms with Gasteiger partial charge in [-0.2, -0.15) is 0 Å². The lowest BCUT2D eigenvalue weighted by molar-refractivity contribution is 0.0526. The molecule has 2 aromatic carbocycles. The molecule has 0 heterocycles. The van der Waals surface area contributed by atoms with Gasteiger partial charge in [-0.1, -0.05) is 6.07 Å². The summed E-state index contributed by atoms with van der Waals surface area (Å²) in [6.45, 7) is 3.76. The molecular formula is C19H22N2O5S. The van der Waals surface area contributed by atoms with E-state index in [-0.39, 0.29) is 17.1 Å². The second kappa shape index (κ2) is 8.32. The molecule has 144 valence electrons. The highest BCUT2D eigenvalue weighted by molar-refractivity contribution is 7.89. The molecule has 1 amide bonds. The Kier molecular flexibility index (Phi) is 6.35. The van der Waals surface area contributed by atoms with Gasteiger partial charge < -0.3 is 10.1 Å². The van der Waals surface area contributed by atoms with E-state index in [0.29, 0.717) is 16.8 Å². The lowest BCUT2D eigenvalue weighted by Gasteiger charge is -2.13. The first-order valence-corrected chi connectivity index (χ1v) is 9.72. The number of ether oxygens (including phenoxy) is 1. The zero-order valence-electron chi connectivity index (χ0n) is 15.6. The van der Waals surface area contributed by atoms with Gasteiger partial charge in [0, 0.05) is 25.3 Å². The highest BCUT2D eigenvalue weighted by Gasteiger charge is 2.19. The predicted molar refractivity (Wildman–Crippen MR) is 102 cm³/mol. The molecule has 0 aromatic heterocycles. The summed E-state index contributed by atoms with van der Waals surface area (Å²) < 4.78 is 30.5. The van der Waals surface area contributed by atoms with Crippen molar-refractivity contribution in [1.29, 1.82) is 0 Å². The Balaban J connectivity index is 2.24. The Morgan fingerprint density at radius 3 is 2.37 bits per heavy atom. The largest absolute Gasteiger partial charge is 0.462 e. The summed E-state index contributed by atoms with van der Waals surface area (Å²) in [5.74, 6) is -0.877. The van der Waals surface area contributed by atoms with Crippen LogP contribution in [0.4, 0.5) is 5.69 Å². The van der Waals surface area contributed by atoms with Gasteiger partial charge in [-0.25, -0.2) is 17.5 Å². The summed E-state index contributed by atoms with van der Waals surface area (Å²) in [5.41, 5.74) is 1.82. The van der Waals surface area contributed by atoms with Gasteiger partial charge in [0.2, 0.25) is 10.0 Å². The van der Waals surface area contributed by atoms with Crippen molar-refractivity contribution >= 4 is 27.6 Å². The van der Waals surface area contributed by atoms with Crippen LogP contribution in [0.25, 0.3) is 0 Å². The van der Waals surface area contributed by atoms with E-state index in [9.17, 15) is 18.0 Å². The third-order valence-electron chi connectivity index (χ3n) is 3.86. The molecule has 0 saturated heterocycles. The number of sulfonamides is 1. The predicted octanol–water partition coefficient (Wildman–Crippen LogP) is 2.67. The second-order valence-corrected chi connectivity index (χ2v) is 8.17. The number of aryl methyl sites for hydroxylation is 1. The van der Waals surface area contributed by atoms with Crippen LogP contribution in [0.15, 0.2) is 47.4 Å². The average molecular weight is 390 g/mol. The van der Waals surface area contributed by atoms with Gasteiger partial charge in [-0.3, -0.25) is 4.79 Å². The number of carbonyl (C=O) groups excluding carboxylic acids is 2. The molecule has 0 fully saturated rings. The molecule has 0 saturated carbocycles. The quantitative estimate of drug-likeness (QED) is 0.766.